The number of hydrogen-bond acceptors (Lipinski definition) is 2. The Hall–Kier alpha value is -1.42. The maximum absolute atomic E-state index is 13.2. The van der Waals surface area contributed by atoms with E-state index in [4.69, 9.17) is 11.1 Å². The average molecular weight is 249 g/mol. The van der Waals surface area contributed by atoms with E-state index in [1.54, 1.807) is 6.07 Å². The number of benzene rings is 1. The molecule has 0 bridgehead atoms. The molecule has 4 heteroatoms. The Morgan fingerprint density at radius 2 is 2.22 bits per heavy atom. The number of hydrogen-bond donors (Lipinski definition) is 2. The number of rotatable bonds is 5. The molecule has 0 radical (unpaired) electrons. The van der Waals surface area contributed by atoms with Gasteiger partial charge in [-0.15, -0.1) is 0 Å². The predicted octanol–water partition coefficient (Wildman–Crippen LogP) is 2.34. The lowest BCUT2D eigenvalue weighted by atomic mass is 10.0. The van der Waals surface area contributed by atoms with E-state index in [1.165, 1.54) is 25.0 Å². The van der Waals surface area contributed by atoms with E-state index in [0.717, 1.165) is 11.5 Å². The predicted molar refractivity (Wildman–Crippen MR) is 71.1 cm³/mol. The first-order valence-electron chi connectivity index (χ1n) is 6.32. The summed E-state index contributed by atoms with van der Waals surface area (Å²) in [5.41, 5.74) is 6.93. The van der Waals surface area contributed by atoms with E-state index in [9.17, 15) is 4.39 Å². The van der Waals surface area contributed by atoms with E-state index >= 15 is 0 Å². The van der Waals surface area contributed by atoms with Crippen LogP contribution in [0.4, 0.5) is 4.39 Å². The SMILES string of the molecule is CC(C1CC1)N(C)Cc1ccc(F)cc1C(=N)N. The molecule has 1 aliphatic carbocycles. The lowest BCUT2D eigenvalue weighted by molar-refractivity contribution is 0.226. The minimum absolute atomic E-state index is 0.0722. The van der Waals surface area contributed by atoms with Crippen LogP contribution < -0.4 is 5.73 Å². The van der Waals surface area contributed by atoms with Gasteiger partial charge in [-0.05, 0) is 50.4 Å². The molecule has 1 atom stereocenters. The minimum atomic E-state index is -0.346. The van der Waals surface area contributed by atoms with Crippen LogP contribution in [0.15, 0.2) is 18.2 Å². The Morgan fingerprint density at radius 3 is 2.78 bits per heavy atom. The van der Waals surface area contributed by atoms with Gasteiger partial charge in [0.15, 0.2) is 0 Å². The summed E-state index contributed by atoms with van der Waals surface area (Å²) in [5, 5.41) is 7.51. The zero-order valence-corrected chi connectivity index (χ0v) is 10.9. The zero-order valence-electron chi connectivity index (χ0n) is 10.9. The molecule has 1 fully saturated rings. The van der Waals surface area contributed by atoms with Gasteiger partial charge < -0.3 is 5.73 Å². The van der Waals surface area contributed by atoms with E-state index in [0.29, 0.717) is 18.2 Å². The van der Waals surface area contributed by atoms with Crippen molar-refractivity contribution in [1.29, 1.82) is 5.41 Å². The molecule has 0 aliphatic heterocycles. The fraction of sp³-hybridized carbons (Fsp3) is 0.500. The maximum Gasteiger partial charge on any atom is 0.123 e. The van der Waals surface area contributed by atoms with Crippen LogP contribution in [0.5, 0.6) is 0 Å². The van der Waals surface area contributed by atoms with Crippen molar-refractivity contribution in [3.63, 3.8) is 0 Å². The molecule has 1 aromatic carbocycles. The number of halogens is 1. The molecule has 0 amide bonds. The van der Waals surface area contributed by atoms with E-state index in [1.807, 2.05) is 0 Å². The summed E-state index contributed by atoms with van der Waals surface area (Å²) in [5.74, 6) is 0.370. The summed E-state index contributed by atoms with van der Waals surface area (Å²) in [6, 6.07) is 5.02. The number of nitrogen functional groups attached to an aromatic ring is 1. The molecule has 0 aromatic heterocycles. The van der Waals surface area contributed by atoms with Gasteiger partial charge in [0.2, 0.25) is 0 Å². The van der Waals surface area contributed by atoms with Gasteiger partial charge in [0.1, 0.15) is 11.7 Å². The Labute approximate surface area is 107 Å². The van der Waals surface area contributed by atoms with Gasteiger partial charge in [0.25, 0.3) is 0 Å². The third-order valence-electron chi connectivity index (χ3n) is 3.78. The average Bonchev–Trinajstić information content (AvgIpc) is 3.14. The van der Waals surface area contributed by atoms with Crippen molar-refractivity contribution in [2.24, 2.45) is 11.7 Å². The first-order valence-corrected chi connectivity index (χ1v) is 6.32. The third-order valence-corrected chi connectivity index (χ3v) is 3.78. The summed E-state index contributed by atoms with van der Waals surface area (Å²) in [4.78, 5) is 2.25. The smallest absolute Gasteiger partial charge is 0.123 e. The quantitative estimate of drug-likeness (QED) is 0.621. The first-order chi connectivity index (χ1) is 8.49. The van der Waals surface area contributed by atoms with Gasteiger partial charge in [0.05, 0.1) is 0 Å². The van der Waals surface area contributed by atoms with Crippen molar-refractivity contribution < 1.29 is 4.39 Å². The van der Waals surface area contributed by atoms with Crippen molar-refractivity contribution in [3.8, 4) is 0 Å². The van der Waals surface area contributed by atoms with Crippen LogP contribution in [-0.4, -0.2) is 23.8 Å². The summed E-state index contributed by atoms with van der Waals surface area (Å²) >= 11 is 0. The fourth-order valence-corrected chi connectivity index (χ4v) is 2.29. The number of nitrogens with one attached hydrogen (secondary N) is 1. The Morgan fingerprint density at radius 1 is 1.56 bits per heavy atom. The van der Waals surface area contributed by atoms with Crippen LogP contribution in [-0.2, 0) is 6.54 Å². The summed E-state index contributed by atoms with van der Waals surface area (Å²) in [7, 11) is 2.07. The molecule has 1 aliphatic rings. The number of nitrogens with two attached hydrogens (primary N) is 1. The lowest BCUT2D eigenvalue weighted by Gasteiger charge is -2.25. The molecular weight excluding hydrogens is 229 g/mol. The van der Waals surface area contributed by atoms with E-state index < -0.39 is 0 Å². The second kappa shape index (κ2) is 5.06. The normalized spacial score (nSPS) is 16.9. The standard InChI is InChI=1S/C14H20FN3/c1-9(10-3-4-10)18(2)8-11-5-6-12(15)7-13(11)14(16)17/h5-7,9-10H,3-4,8H2,1-2H3,(H3,16,17). The van der Waals surface area contributed by atoms with Crippen molar-refractivity contribution >= 4 is 5.84 Å². The van der Waals surface area contributed by atoms with E-state index in [-0.39, 0.29) is 11.7 Å². The minimum Gasteiger partial charge on any atom is -0.384 e. The van der Waals surface area contributed by atoms with Crippen LogP contribution in [0.2, 0.25) is 0 Å². The summed E-state index contributed by atoms with van der Waals surface area (Å²) in [6.45, 7) is 2.92. The van der Waals surface area contributed by atoms with E-state index in [2.05, 4.69) is 18.9 Å². The second-order valence-corrected chi connectivity index (χ2v) is 5.21. The molecule has 1 saturated carbocycles. The highest BCUT2D eigenvalue weighted by molar-refractivity contribution is 5.96. The maximum atomic E-state index is 13.2. The molecule has 1 unspecified atom stereocenters. The van der Waals surface area contributed by atoms with Gasteiger partial charge in [-0.1, -0.05) is 6.07 Å². The highest BCUT2D eigenvalue weighted by Crippen LogP contribution is 2.35. The van der Waals surface area contributed by atoms with Gasteiger partial charge >= 0.3 is 0 Å². The molecule has 3 nitrogen and oxygen atoms in total. The topological polar surface area (TPSA) is 53.1 Å². The van der Waals surface area contributed by atoms with Gasteiger partial charge in [-0.25, -0.2) is 4.39 Å². The van der Waals surface area contributed by atoms with Crippen LogP contribution >= 0.6 is 0 Å². The Balaban J connectivity index is 2.14. The summed E-state index contributed by atoms with van der Waals surface area (Å²) in [6.07, 6.45) is 2.60. The largest absolute Gasteiger partial charge is 0.384 e. The van der Waals surface area contributed by atoms with Crippen molar-refractivity contribution in [3.05, 3.63) is 35.1 Å². The monoisotopic (exact) mass is 249 g/mol. The van der Waals surface area contributed by atoms with Gasteiger partial charge in [-0.2, -0.15) is 0 Å². The fourth-order valence-electron chi connectivity index (χ4n) is 2.29. The van der Waals surface area contributed by atoms with Crippen molar-refractivity contribution in [2.75, 3.05) is 7.05 Å². The highest BCUT2D eigenvalue weighted by Gasteiger charge is 2.30. The molecule has 0 spiro atoms. The van der Waals surface area contributed by atoms with Gasteiger partial charge in [0, 0.05) is 18.2 Å². The molecule has 18 heavy (non-hydrogen) atoms. The molecule has 2 rings (SSSR count). The highest BCUT2D eigenvalue weighted by atomic mass is 19.1. The molecule has 0 saturated heterocycles. The first kappa shape index (κ1) is 13.0. The molecule has 0 heterocycles. The van der Waals surface area contributed by atoms with Crippen LogP contribution in [0.3, 0.4) is 0 Å². The van der Waals surface area contributed by atoms with Crippen LogP contribution in [0.1, 0.15) is 30.9 Å². The van der Waals surface area contributed by atoms with Crippen molar-refractivity contribution in [1.82, 2.24) is 4.90 Å². The van der Waals surface area contributed by atoms with Crippen molar-refractivity contribution in [2.45, 2.75) is 32.4 Å². The molecule has 98 valence electrons. The lowest BCUT2D eigenvalue weighted by Crippen LogP contribution is -2.31. The molecule has 3 N–H and O–H groups in total. The number of amidine groups is 1. The molecule has 1 aromatic rings. The Bertz CT molecular complexity index is 454. The Kier molecular flexibility index (Phi) is 3.66. The van der Waals surface area contributed by atoms with Crippen LogP contribution in [0, 0.1) is 17.1 Å². The van der Waals surface area contributed by atoms with Crippen LogP contribution in [0.25, 0.3) is 0 Å². The second-order valence-electron chi connectivity index (χ2n) is 5.21. The molecular formula is C14H20FN3. The van der Waals surface area contributed by atoms with Gasteiger partial charge in [-0.3, -0.25) is 10.3 Å². The number of nitrogens with zero attached hydrogens (tertiary/aromatic N) is 1. The zero-order chi connectivity index (χ0) is 13.3. The summed E-state index contributed by atoms with van der Waals surface area (Å²) < 4.78 is 13.2. The third kappa shape index (κ3) is 2.88.